The van der Waals surface area contributed by atoms with Crippen LogP contribution in [0.25, 0.3) is 11.6 Å². The number of allylic oxidation sites excluding steroid dienone is 1. The number of imidazole rings is 1. The van der Waals surface area contributed by atoms with E-state index in [0.717, 1.165) is 23.8 Å². The zero-order valence-electron chi connectivity index (χ0n) is 18.8. The third-order valence-electron chi connectivity index (χ3n) is 5.79. The van der Waals surface area contributed by atoms with Crippen molar-refractivity contribution in [3.05, 3.63) is 79.9 Å². The van der Waals surface area contributed by atoms with Crippen molar-refractivity contribution in [1.82, 2.24) is 14.9 Å². The van der Waals surface area contributed by atoms with Gasteiger partial charge >= 0.3 is 5.69 Å². The maximum Gasteiger partial charge on any atom is 0.329 e. The predicted molar refractivity (Wildman–Crippen MR) is 130 cm³/mol. The number of aliphatic imine (C=N–C) groups is 1. The Morgan fingerprint density at radius 3 is 2.61 bits per heavy atom. The number of amides is 1. The molecule has 12 heteroatoms. The van der Waals surface area contributed by atoms with Crippen molar-refractivity contribution in [3.8, 4) is 5.88 Å². The fourth-order valence-corrected chi connectivity index (χ4v) is 4.03. The molecule has 0 fully saturated rings. The summed E-state index contributed by atoms with van der Waals surface area (Å²) in [7, 11) is 0. The Morgan fingerprint density at radius 2 is 1.94 bits per heavy atom. The summed E-state index contributed by atoms with van der Waals surface area (Å²) < 4.78 is 28.2. The Labute approximate surface area is 208 Å². The van der Waals surface area contributed by atoms with Gasteiger partial charge in [0.05, 0.1) is 24.9 Å². The molecule has 1 aliphatic heterocycles. The van der Waals surface area contributed by atoms with Crippen molar-refractivity contribution in [1.29, 1.82) is 0 Å². The first kappa shape index (κ1) is 25.3. The predicted octanol–water partition coefficient (Wildman–Crippen LogP) is 2.44. The van der Waals surface area contributed by atoms with E-state index in [2.05, 4.69) is 15.3 Å². The van der Waals surface area contributed by atoms with Crippen LogP contribution in [-0.2, 0) is 4.79 Å². The van der Waals surface area contributed by atoms with Crippen molar-refractivity contribution < 1.29 is 28.9 Å². The van der Waals surface area contributed by atoms with Crippen molar-refractivity contribution >= 4 is 41.1 Å². The Morgan fingerprint density at radius 1 is 1.22 bits per heavy atom. The molecule has 0 spiro atoms. The van der Waals surface area contributed by atoms with Crippen LogP contribution in [0.3, 0.4) is 0 Å². The van der Waals surface area contributed by atoms with E-state index in [0.29, 0.717) is 26.4 Å². The molecule has 0 radical (unpaired) electrons. The van der Waals surface area contributed by atoms with Gasteiger partial charge in [-0.3, -0.25) is 9.79 Å². The van der Waals surface area contributed by atoms with Gasteiger partial charge in [0.25, 0.3) is 0 Å². The number of aromatic nitrogens is 2. The molecule has 2 heterocycles. The number of hydrogen-bond acceptors (Lipinski definition) is 6. The molecule has 0 saturated carbocycles. The van der Waals surface area contributed by atoms with Gasteiger partial charge in [-0.05, 0) is 42.3 Å². The van der Waals surface area contributed by atoms with Gasteiger partial charge < -0.3 is 25.6 Å². The molecule has 188 valence electrons. The van der Waals surface area contributed by atoms with Gasteiger partial charge in [0.15, 0.2) is 11.6 Å². The molecule has 1 unspecified atom stereocenters. The number of carbonyl (C=O) groups excluding carboxylic acids is 1. The van der Waals surface area contributed by atoms with Crippen LogP contribution in [-0.4, -0.2) is 56.2 Å². The SMILES string of the molecule is Cc1c(Cl)ccc2c1N=C/C2=C\c1[nH]c(=O)n(C(C(=O)NC(CO)CO)c2ccc(F)c(F)c2)c1O. The average molecular weight is 519 g/mol. The van der Waals surface area contributed by atoms with Crippen molar-refractivity contribution in [2.45, 2.75) is 19.0 Å². The number of aliphatic hydroxyl groups is 2. The van der Waals surface area contributed by atoms with Gasteiger partial charge in [-0.25, -0.2) is 18.1 Å². The Kier molecular flexibility index (Phi) is 7.07. The second kappa shape index (κ2) is 10.1. The number of aromatic hydroxyl groups is 1. The number of aliphatic hydroxyl groups excluding tert-OH is 2. The number of benzene rings is 2. The lowest BCUT2D eigenvalue weighted by Crippen LogP contribution is -2.45. The van der Waals surface area contributed by atoms with Crippen LogP contribution < -0.4 is 11.0 Å². The summed E-state index contributed by atoms with van der Waals surface area (Å²) in [5.74, 6) is -4.06. The standard InChI is InChI=1S/C24H21ClF2N4O5/c1-11-16(25)4-3-15-13(8-28-20(11)15)7-19-23(35)31(24(36)30-19)21(22(34)29-14(9-32)10-33)12-2-5-17(26)18(27)6-12/h2-8,14,21,32-33,35H,9-10H2,1H3,(H,29,34)(H,30,36)/b13-7+. The van der Waals surface area contributed by atoms with Crippen LogP contribution in [0.15, 0.2) is 40.1 Å². The third kappa shape index (κ3) is 4.55. The highest BCUT2D eigenvalue weighted by atomic mass is 35.5. The fraction of sp³-hybridized carbons (Fsp3) is 0.208. The summed E-state index contributed by atoms with van der Waals surface area (Å²) in [6.07, 6.45) is 2.97. The molecule has 1 amide bonds. The van der Waals surface area contributed by atoms with E-state index in [1.165, 1.54) is 12.3 Å². The first-order chi connectivity index (χ1) is 17.2. The number of rotatable bonds is 7. The number of nitrogens with one attached hydrogen (secondary N) is 2. The molecule has 0 saturated heterocycles. The van der Waals surface area contributed by atoms with Gasteiger partial charge in [-0.2, -0.15) is 0 Å². The lowest BCUT2D eigenvalue weighted by atomic mass is 10.0. The highest BCUT2D eigenvalue weighted by molar-refractivity contribution is 6.32. The van der Waals surface area contributed by atoms with Crippen LogP contribution in [0.5, 0.6) is 5.88 Å². The Hall–Kier alpha value is -3.80. The zero-order valence-corrected chi connectivity index (χ0v) is 19.6. The monoisotopic (exact) mass is 518 g/mol. The quantitative estimate of drug-likeness (QED) is 0.327. The van der Waals surface area contributed by atoms with E-state index < -0.39 is 54.4 Å². The smallest absolute Gasteiger partial charge is 0.329 e. The summed E-state index contributed by atoms with van der Waals surface area (Å²) in [6, 6.07) is 3.24. The van der Waals surface area contributed by atoms with Crippen LogP contribution in [0, 0.1) is 18.6 Å². The van der Waals surface area contributed by atoms with E-state index in [1.54, 1.807) is 19.1 Å². The van der Waals surface area contributed by atoms with Gasteiger partial charge in [-0.15, -0.1) is 0 Å². The minimum Gasteiger partial charge on any atom is -0.493 e. The minimum absolute atomic E-state index is 0.0665. The number of carbonyl (C=O) groups is 1. The van der Waals surface area contributed by atoms with Crippen molar-refractivity contribution in [2.75, 3.05) is 13.2 Å². The van der Waals surface area contributed by atoms with E-state index in [-0.39, 0.29) is 11.3 Å². The number of hydrogen-bond donors (Lipinski definition) is 5. The number of fused-ring (bicyclic) bond motifs is 1. The van der Waals surface area contributed by atoms with E-state index in [1.807, 2.05) is 0 Å². The third-order valence-corrected chi connectivity index (χ3v) is 6.20. The highest BCUT2D eigenvalue weighted by Crippen LogP contribution is 2.39. The van der Waals surface area contributed by atoms with Crippen molar-refractivity contribution in [3.63, 3.8) is 0 Å². The van der Waals surface area contributed by atoms with E-state index in [4.69, 9.17) is 11.6 Å². The van der Waals surface area contributed by atoms with E-state index in [9.17, 15) is 33.7 Å². The highest BCUT2D eigenvalue weighted by Gasteiger charge is 2.31. The van der Waals surface area contributed by atoms with Crippen LogP contribution in [0.1, 0.15) is 28.4 Å². The van der Waals surface area contributed by atoms with Crippen molar-refractivity contribution in [2.24, 2.45) is 4.99 Å². The van der Waals surface area contributed by atoms with Gasteiger partial charge in [-0.1, -0.05) is 23.7 Å². The summed E-state index contributed by atoms with van der Waals surface area (Å²) in [4.78, 5) is 32.8. The largest absolute Gasteiger partial charge is 0.493 e. The topological polar surface area (TPSA) is 140 Å². The Balaban J connectivity index is 1.81. The number of halogens is 3. The van der Waals surface area contributed by atoms with E-state index >= 15 is 0 Å². The summed E-state index contributed by atoms with van der Waals surface area (Å²) >= 11 is 6.15. The van der Waals surface area contributed by atoms with Gasteiger partial charge in [0.2, 0.25) is 11.8 Å². The maximum absolute atomic E-state index is 14.0. The molecule has 4 rings (SSSR count). The molecule has 2 aromatic carbocycles. The molecule has 1 atom stereocenters. The molecule has 0 aliphatic carbocycles. The normalized spacial score (nSPS) is 14.5. The van der Waals surface area contributed by atoms with Gasteiger partial charge in [0, 0.05) is 22.4 Å². The molecule has 36 heavy (non-hydrogen) atoms. The van der Waals surface area contributed by atoms with Crippen LogP contribution >= 0.6 is 11.6 Å². The molecule has 1 aliphatic rings. The minimum atomic E-state index is -1.66. The lowest BCUT2D eigenvalue weighted by Gasteiger charge is -2.22. The fourth-order valence-electron chi connectivity index (χ4n) is 3.88. The summed E-state index contributed by atoms with van der Waals surface area (Å²) in [6.45, 7) is 0.550. The van der Waals surface area contributed by atoms with Crippen LogP contribution in [0.4, 0.5) is 14.5 Å². The molecule has 1 aromatic heterocycles. The molecule has 3 aromatic rings. The molecular weight excluding hydrogens is 498 g/mol. The molecular formula is C24H21ClF2N4O5. The van der Waals surface area contributed by atoms with Crippen LogP contribution in [0.2, 0.25) is 5.02 Å². The second-order valence-electron chi connectivity index (χ2n) is 8.11. The number of aromatic amines is 1. The average Bonchev–Trinajstić information content (AvgIpc) is 3.38. The maximum atomic E-state index is 14.0. The number of H-pyrrole nitrogens is 1. The second-order valence-corrected chi connectivity index (χ2v) is 8.52. The summed E-state index contributed by atoms with van der Waals surface area (Å²) in [5.41, 5.74) is 1.49. The molecule has 5 N–H and O–H groups in total. The summed E-state index contributed by atoms with van der Waals surface area (Å²) in [5, 5.41) is 32.5. The first-order valence-corrected chi connectivity index (χ1v) is 11.1. The molecule has 9 nitrogen and oxygen atoms in total. The molecule has 0 bridgehead atoms. The number of nitrogens with zero attached hydrogens (tertiary/aromatic N) is 2. The first-order valence-electron chi connectivity index (χ1n) is 10.7. The van der Waals surface area contributed by atoms with Gasteiger partial charge in [0.1, 0.15) is 11.7 Å². The lowest BCUT2D eigenvalue weighted by molar-refractivity contribution is -0.124. The zero-order chi connectivity index (χ0) is 26.1. The Bertz CT molecular complexity index is 1460.